The summed E-state index contributed by atoms with van der Waals surface area (Å²) in [6, 6.07) is 6.46. The van der Waals surface area contributed by atoms with Crippen molar-refractivity contribution in [3.05, 3.63) is 41.3 Å². The maximum Gasteiger partial charge on any atom is 0.216 e. The molecule has 2 aromatic heterocycles. The minimum absolute atomic E-state index is 0.371. The fourth-order valence-corrected chi connectivity index (χ4v) is 3.32. The summed E-state index contributed by atoms with van der Waals surface area (Å²) in [5.74, 6) is 0.880. The van der Waals surface area contributed by atoms with Crippen LogP contribution < -0.4 is 4.74 Å². The van der Waals surface area contributed by atoms with Crippen molar-refractivity contribution < 1.29 is 4.74 Å². The van der Waals surface area contributed by atoms with Crippen molar-refractivity contribution in [3.8, 4) is 5.88 Å². The van der Waals surface area contributed by atoms with E-state index in [2.05, 4.69) is 28.0 Å². The maximum atomic E-state index is 5.57. The Morgan fingerprint density at radius 2 is 2.24 bits per heavy atom. The molecule has 1 fully saturated rings. The van der Waals surface area contributed by atoms with Gasteiger partial charge in [-0.25, -0.2) is 4.68 Å². The Hall–Kier alpha value is -1.88. The number of hydrogen-bond acceptors (Lipinski definition) is 4. The fraction of sp³-hybridized carbons (Fsp3) is 0.500. The van der Waals surface area contributed by atoms with Gasteiger partial charge in [0.15, 0.2) is 0 Å². The third-order valence-electron chi connectivity index (χ3n) is 4.20. The molecule has 2 aromatic rings. The Kier molecular flexibility index (Phi) is 3.92. The van der Waals surface area contributed by atoms with Gasteiger partial charge in [0.25, 0.3) is 0 Å². The van der Waals surface area contributed by atoms with Crippen molar-refractivity contribution in [2.75, 3.05) is 13.7 Å². The molecule has 0 amide bonds. The quantitative estimate of drug-likeness (QED) is 0.866. The van der Waals surface area contributed by atoms with E-state index in [1.165, 1.54) is 12.0 Å². The minimum Gasteiger partial charge on any atom is -0.481 e. The van der Waals surface area contributed by atoms with E-state index in [-0.39, 0.29) is 0 Å². The number of rotatable bonds is 4. The van der Waals surface area contributed by atoms with E-state index in [4.69, 9.17) is 4.74 Å². The highest BCUT2D eigenvalue weighted by Gasteiger charge is 2.32. The lowest BCUT2D eigenvalue weighted by Crippen LogP contribution is -2.24. The van der Waals surface area contributed by atoms with E-state index in [1.807, 2.05) is 30.1 Å². The van der Waals surface area contributed by atoms with Crippen LogP contribution in [0.15, 0.2) is 24.4 Å². The first kappa shape index (κ1) is 14.1. The molecule has 0 bridgehead atoms. The molecular formula is C16H22N4O. The van der Waals surface area contributed by atoms with Gasteiger partial charge in [-0.1, -0.05) is 6.07 Å². The van der Waals surface area contributed by atoms with Crippen molar-refractivity contribution >= 4 is 0 Å². The second-order valence-electron chi connectivity index (χ2n) is 5.58. The molecule has 5 heteroatoms. The van der Waals surface area contributed by atoms with E-state index in [9.17, 15) is 0 Å². The summed E-state index contributed by atoms with van der Waals surface area (Å²) in [6.45, 7) is 4.04. The van der Waals surface area contributed by atoms with Gasteiger partial charge in [0.05, 0.1) is 24.1 Å². The molecular weight excluding hydrogens is 264 g/mol. The van der Waals surface area contributed by atoms with Gasteiger partial charge in [-0.3, -0.25) is 9.88 Å². The maximum absolute atomic E-state index is 5.57. The molecule has 0 aromatic carbocycles. The van der Waals surface area contributed by atoms with Gasteiger partial charge in [-0.15, -0.1) is 0 Å². The number of likely N-dealkylation sites (tertiary alicyclic amines) is 1. The predicted molar refractivity (Wildman–Crippen MR) is 81.1 cm³/mol. The van der Waals surface area contributed by atoms with Gasteiger partial charge in [0.2, 0.25) is 5.88 Å². The van der Waals surface area contributed by atoms with E-state index in [0.29, 0.717) is 6.04 Å². The van der Waals surface area contributed by atoms with Gasteiger partial charge in [-0.2, -0.15) is 5.10 Å². The molecule has 112 valence electrons. The molecule has 1 saturated heterocycles. The van der Waals surface area contributed by atoms with Gasteiger partial charge < -0.3 is 4.74 Å². The molecule has 1 aliphatic heterocycles. The number of nitrogens with zero attached hydrogens (tertiary/aromatic N) is 4. The van der Waals surface area contributed by atoms with Crippen molar-refractivity contribution in [1.29, 1.82) is 0 Å². The van der Waals surface area contributed by atoms with Crippen LogP contribution in [0.3, 0.4) is 0 Å². The van der Waals surface area contributed by atoms with Crippen LogP contribution in [0.2, 0.25) is 0 Å². The van der Waals surface area contributed by atoms with Gasteiger partial charge in [-0.05, 0) is 38.4 Å². The Labute approximate surface area is 125 Å². The fourth-order valence-electron chi connectivity index (χ4n) is 3.32. The molecule has 1 aliphatic rings. The first-order valence-corrected chi connectivity index (χ1v) is 7.42. The Morgan fingerprint density at radius 1 is 1.38 bits per heavy atom. The number of methoxy groups -OCH3 is 1. The number of pyridine rings is 1. The summed E-state index contributed by atoms with van der Waals surface area (Å²) in [5, 5.41) is 4.52. The normalized spacial score (nSPS) is 19.1. The summed E-state index contributed by atoms with van der Waals surface area (Å²) in [6.07, 6.45) is 4.21. The van der Waals surface area contributed by atoms with Crippen LogP contribution in [0.4, 0.5) is 0 Å². The number of ether oxygens (including phenoxy) is 1. The Morgan fingerprint density at radius 3 is 2.95 bits per heavy atom. The summed E-state index contributed by atoms with van der Waals surface area (Å²) in [4.78, 5) is 6.93. The Bertz CT molecular complexity index is 608. The topological polar surface area (TPSA) is 43.2 Å². The zero-order chi connectivity index (χ0) is 14.8. The van der Waals surface area contributed by atoms with Crippen molar-refractivity contribution in [2.45, 2.75) is 32.4 Å². The molecule has 0 spiro atoms. The zero-order valence-electron chi connectivity index (χ0n) is 12.9. The van der Waals surface area contributed by atoms with E-state index in [0.717, 1.165) is 36.8 Å². The first-order valence-electron chi connectivity index (χ1n) is 7.42. The lowest BCUT2D eigenvalue weighted by Gasteiger charge is -2.24. The van der Waals surface area contributed by atoms with Crippen molar-refractivity contribution in [1.82, 2.24) is 19.7 Å². The van der Waals surface area contributed by atoms with Crippen LogP contribution in [0.1, 0.15) is 35.8 Å². The van der Waals surface area contributed by atoms with Crippen LogP contribution in [0.5, 0.6) is 5.88 Å². The summed E-state index contributed by atoms with van der Waals surface area (Å²) >= 11 is 0. The Balaban J connectivity index is 1.87. The molecule has 0 aliphatic carbocycles. The average molecular weight is 286 g/mol. The van der Waals surface area contributed by atoms with E-state index < -0.39 is 0 Å². The third kappa shape index (κ3) is 2.65. The third-order valence-corrected chi connectivity index (χ3v) is 4.20. The number of aryl methyl sites for hydroxylation is 2. The molecule has 0 saturated carbocycles. The van der Waals surface area contributed by atoms with Gasteiger partial charge in [0.1, 0.15) is 0 Å². The highest BCUT2D eigenvalue weighted by atomic mass is 16.5. The average Bonchev–Trinajstić information content (AvgIpc) is 3.03. The molecule has 0 N–H and O–H groups in total. The smallest absolute Gasteiger partial charge is 0.216 e. The number of aromatic nitrogens is 3. The largest absolute Gasteiger partial charge is 0.481 e. The van der Waals surface area contributed by atoms with Crippen LogP contribution in [-0.4, -0.2) is 33.3 Å². The molecule has 21 heavy (non-hydrogen) atoms. The second kappa shape index (κ2) is 5.85. The lowest BCUT2D eigenvalue weighted by molar-refractivity contribution is 0.238. The van der Waals surface area contributed by atoms with Crippen LogP contribution in [-0.2, 0) is 13.6 Å². The zero-order valence-corrected chi connectivity index (χ0v) is 12.9. The molecule has 1 atom stereocenters. The highest BCUT2D eigenvalue weighted by Crippen LogP contribution is 2.39. The van der Waals surface area contributed by atoms with Crippen LogP contribution in [0.25, 0.3) is 0 Å². The molecule has 5 nitrogen and oxygen atoms in total. The van der Waals surface area contributed by atoms with Crippen molar-refractivity contribution in [2.24, 2.45) is 7.05 Å². The second-order valence-corrected chi connectivity index (χ2v) is 5.58. The highest BCUT2D eigenvalue weighted by molar-refractivity contribution is 5.35. The molecule has 0 radical (unpaired) electrons. The summed E-state index contributed by atoms with van der Waals surface area (Å²) < 4.78 is 7.40. The molecule has 0 unspecified atom stereocenters. The van der Waals surface area contributed by atoms with Crippen molar-refractivity contribution in [3.63, 3.8) is 0 Å². The SMILES string of the molecule is COc1c([C@@H]2CCCN2Cc2ccccn2)c(C)nn1C. The predicted octanol–water partition coefficient (Wildman–Crippen LogP) is 2.47. The first-order chi connectivity index (χ1) is 10.2. The molecule has 3 heterocycles. The number of hydrogen-bond donors (Lipinski definition) is 0. The lowest BCUT2D eigenvalue weighted by atomic mass is 10.0. The monoisotopic (exact) mass is 286 g/mol. The van der Waals surface area contributed by atoms with Crippen LogP contribution in [0, 0.1) is 6.92 Å². The summed E-state index contributed by atoms with van der Waals surface area (Å²) in [5.41, 5.74) is 3.41. The minimum atomic E-state index is 0.371. The standard InChI is InChI=1S/C16H22N4O/c1-12-15(16(21-3)19(2)18-12)14-8-6-10-20(14)11-13-7-4-5-9-17-13/h4-5,7,9,14H,6,8,10-11H2,1-3H3/t14-/m0/s1. The van der Waals surface area contributed by atoms with Gasteiger partial charge in [0, 0.05) is 25.8 Å². The summed E-state index contributed by atoms with van der Waals surface area (Å²) in [7, 11) is 3.66. The van der Waals surface area contributed by atoms with Crippen LogP contribution >= 0.6 is 0 Å². The van der Waals surface area contributed by atoms with Gasteiger partial charge >= 0.3 is 0 Å². The molecule has 3 rings (SSSR count). The van der Waals surface area contributed by atoms with E-state index >= 15 is 0 Å². The van der Waals surface area contributed by atoms with E-state index in [1.54, 1.807) is 7.11 Å².